The Morgan fingerprint density at radius 1 is 1.21 bits per heavy atom. The molecule has 14 heavy (non-hydrogen) atoms. The van der Waals surface area contributed by atoms with Crippen molar-refractivity contribution in [3.8, 4) is 0 Å². The predicted octanol–water partition coefficient (Wildman–Crippen LogP) is 4.35. The van der Waals surface area contributed by atoms with E-state index in [9.17, 15) is 0 Å². The second kappa shape index (κ2) is 10.1. The third kappa shape index (κ3) is 5.63. The molecule has 0 spiro atoms. The van der Waals surface area contributed by atoms with Gasteiger partial charge in [-0.25, -0.2) is 0 Å². The van der Waals surface area contributed by atoms with Crippen LogP contribution in [0.4, 0.5) is 0 Å². The van der Waals surface area contributed by atoms with Gasteiger partial charge in [0.15, 0.2) is 0 Å². The van der Waals surface area contributed by atoms with Crippen LogP contribution in [0.1, 0.15) is 41.0 Å². The van der Waals surface area contributed by atoms with Gasteiger partial charge in [0.2, 0.25) is 0 Å². The smallest absolute Gasteiger partial charge is 0.0333 e. The SMILES string of the molecule is C=C1C=C(CC)C=CN1C.CC.CC. The lowest BCUT2D eigenvalue weighted by atomic mass is 10.1. The summed E-state index contributed by atoms with van der Waals surface area (Å²) < 4.78 is 0. The van der Waals surface area contributed by atoms with Crippen LogP contribution in [-0.4, -0.2) is 11.9 Å². The maximum Gasteiger partial charge on any atom is 0.0333 e. The summed E-state index contributed by atoms with van der Waals surface area (Å²) in [4.78, 5) is 2.01. The van der Waals surface area contributed by atoms with Gasteiger partial charge in [0, 0.05) is 18.9 Å². The van der Waals surface area contributed by atoms with E-state index < -0.39 is 0 Å². The van der Waals surface area contributed by atoms with Gasteiger partial charge in [-0.05, 0) is 24.1 Å². The number of likely N-dealkylation sites (N-methyl/N-ethyl adjacent to an activating group) is 1. The highest BCUT2D eigenvalue weighted by Gasteiger charge is 2.00. The van der Waals surface area contributed by atoms with E-state index in [-0.39, 0.29) is 0 Å². The maximum atomic E-state index is 3.89. The van der Waals surface area contributed by atoms with E-state index in [4.69, 9.17) is 0 Å². The molecule has 0 saturated carbocycles. The molecule has 0 aromatic carbocycles. The lowest BCUT2D eigenvalue weighted by Crippen LogP contribution is -2.10. The number of hydrogen-bond donors (Lipinski definition) is 0. The van der Waals surface area contributed by atoms with E-state index in [1.165, 1.54) is 5.57 Å². The van der Waals surface area contributed by atoms with Gasteiger partial charge in [0.05, 0.1) is 0 Å². The molecule has 0 aromatic heterocycles. The topological polar surface area (TPSA) is 3.24 Å². The molecule has 1 aliphatic rings. The average molecular weight is 195 g/mol. The minimum Gasteiger partial charge on any atom is -0.352 e. The summed E-state index contributed by atoms with van der Waals surface area (Å²) >= 11 is 0. The summed E-state index contributed by atoms with van der Waals surface area (Å²) in [6.45, 7) is 14.0. The number of allylic oxidation sites excluding steroid dienone is 3. The zero-order valence-corrected chi connectivity index (χ0v) is 10.6. The van der Waals surface area contributed by atoms with Crippen LogP contribution in [-0.2, 0) is 0 Å². The van der Waals surface area contributed by atoms with Crippen molar-refractivity contribution < 1.29 is 0 Å². The first-order valence-corrected chi connectivity index (χ1v) is 5.54. The molecule has 0 atom stereocenters. The Balaban J connectivity index is 0. The number of nitrogens with zero attached hydrogens (tertiary/aromatic N) is 1. The van der Waals surface area contributed by atoms with Gasteiger partial charge in [-0.3, -0.25) is 0 Å². The first kappa shape index (κ1) is 15.5. The van der Waals surface area contributed by atoms with Crippen LogP contribution in [0, 0.1) is 0 Å². The summed E-state index contributed by atoms with van der Waals surface area (Å²) in [7, 11) is 2.00. The van der Waals surface area contributed by atoms with Crippen LogP contribution in [0.25, 0.3) is 0 Å². The highest BCUT2D eigenvalue weighted by molar-refractivity contribution is 5.32. The predicted molar refractivity (Wildman–Crippen MR) is 67.1 cm³/mol. The van der Waals surface area contributed by atoms with Crippen molar-refractivity contribution in [1.82, 2.24) is 4.90 Å². The first-order valence-electron chi connectivity index (χ1n) is 5.54. The van der Waals surface area contributed by atoms with Crippen LogP contribution in [0.3, 0.4) is 0 Å². The van der Waals surface area contributed by atoms with Gasteiger partial charge < -0.3 is 4.90 Å². The third-order valence-corrected chi connectivity index (χ3v) is 1.73. The van der Waals surface area contributed by atoms with Crippen LogP contribution < -0.4 is 0 Å². The number of rotatable bonds is 1. The molecular weight excluding hydrogens is 170 g/mol. The molecule has 0 bridgehead atoms. The van der Waals surface area contributed by atoms with E-state index in [1.54, 1.807) is 0 Å². The Morgan fingerprint density at radius 2 is 1.71 bits per heavy atom. The van der Waals surface area contributed by atoms with E-state index in [2.05, 4.69) is 25.7 Å². The first-order chi connectivity index (χ1) is 6.74. The minimum atomic E-state index is 1.07. The van der Waals surface area contributed by atoms with Crippen molar-refractivity contribution in [3.05, 3.63) is 36.2 Å². The van der Waals surface area contributed by atoms with Gasteiger partial charge in [-0.1, -0.05) is 41.2 Å². The summed E-state index contributed by atoms with van der Waals surface area (Å²) in [5.41, 5.74) is 2.42. The molecule has 0 aliphatic carbocycles. The Kier molecular flexibility index (Phi) is 11.2. The summed E-state index contributed by atoms with van der Waals surface area (Å²) in [6, 6.07) is 0. The lowest BCUT2D eigenvalue weighted by Gasteiger charge is -2.18. The van der Waals surface area contributed by atoms with Crippen LogP contribution in [0.5, 0.6) is 0 Å². The number of hydrogen-bond acceptors (Lipinski definition) is 1. The highest BCUT2D eigenvalue weighted by Crippen LogP contribution is 2.15. The van der Waals surface area contributed by atoms with E-state index in [0.717, 1.165) is 12.1 Å². The Morgan fingerprint density at radius 3 is 2.07 bits per heavy atom. The fraction of sp³-hybridized carbons (Fsp3) is 0.538. The molecule has 0 N–H and O–H groups in total. The summed E-state index contributed by atoms with van der Waals surface area (Å²) in [5.74, 6) is 0. The quantitative estimate of drug-likeness (QED) is 0.601. The molecule has 0 aromatic rings. The second-order valence-corrected chi connectivity index (χ2v) is 2.49. The second-order valence-electron chi connectivity index (χ2n) is 2.49. The molecule has 0 saturated heterocycles. The molecule has 1 heterocycles. The molecule has 0 radical (unpaired) electrons. The van der Waals surface area contributed by atoms with Gasteiger partial charge in [0.25, 0.3) is 0 Å². The molecular formula is C13H25N. The summed E-state index contributed by atoms with van der Waals surface area (Å²) in [6.07, 6.45) is 7.36. The summed E-state index contributed by atoms with van der Waals surface area (Å²) in [5, 5.41) is 0. The largest absolute Gasteiger partial charge is 0.352 e. The van der Waals surface area contributed by atoms with E-state index >= 15 is 0 Å². The minimum absolute atomic E-state index is 1.07. The fourth-order valence-electron chi connectivity index (χ4n) is 0.887. The zero-order valence-electron chi connectivity index (χ0n) is 10.6. The van der Waals surface area contributed by atoms with Crippen LogP contribution >= 0.6 is 0 Å². The monoisotopic (exact) mass is 195 g/mol. The van der Waals surface area contributed by atoms with E-state index in [0.29, 0.717) is 0 Å². The molecule has 1 rings (SSSR count). The van der Waals surface area contributed by atoms with Gasteiger partial charge in [-0.2, -0.15) is 0 Å². The average Bonchev–Trinajstić information content (AvgIpc) is 2.28. The van der Waals surface area contributed by atoms with Crippen molar-refractivity contribution in [2.75, 3.05) is 7.05 Å². The molecule has 1 aliphatic heterocycles. The molecule has 0 fully saturated rings. The molecule has 0 unspecified atom stereocenters. The third-order valence-electron chi connectivity index (χ3n) is 1.73. The Bertz CT molecular complexity index is 199. The van der Waals surface area contributed by atoms with Crippen molar-refractivity contribution in [1.29, 1.82) is 0 Å². The van der Waals surface area contributed by atoms with Crippen molar-refractivity contribution in [2.24, 2.45) is 0 Å². The zero-order chi connectivity index (χ0) is 11.6. The van der Waals surface area contributed by atoms with Gasteiger partial charge >= 0.3 is 0 Å². The van der Waals surface area contributed by atoms with Crippen LogP contribution in [0.2, 0.25) is 0 Å². The van der Waals surface area contributed by atoms with Gasteiger partial charge in [-0.15, -0.1) is 0 Å². The van der Waals surface area contributed by atoms with E-state index in [1.807, 2.05) is 45.8 Å². The van der Waals surface area contributed by atoms with Crippen molar-refractivity contribution in [3.63, 3.8) is 0 Å². The molecule has 0 amide bonds. The molecule has 1 heteroatoms. The van der Waals surface area contributed by atoms with Crippen molar-refractivity contribution in [2.45, 2.75) is 41.0 Å². The van der Waals surface area contributed by atoms with Gasteiger partial charge in [0.1, 0.15) is 0 Å². The maximum absolute atomic E-state index is 3.89. The van der Waals surface area contributed by atoms with Crippen molar-refractivity contribution >= 4 is 0 Å². The Hall–Kier alpha value is -0.980. The fourth-order valence-corrected chi connectivity index (χ4v) is 0.887. The normalized spacial score (nSPS) is 13.4. The van der Waals surface area contributed by atoms with Crippen LogP contribution in [0.15, 0.2) is 36.2 Å². The standard InChI is InChI=1S/C9H13N.2C2H6/c1-4-9-5-6-10(3)8(2)7-9;2*1-2/h5-7H,2,4H2,1,3H3;2*1-2H3. The Labute approximate surface area is 89.8 Å². The molecule has 1 nitrogen and oxygen atoms in total. The lowest BCUT2D eigenvalue weighted by molar-refractivity contribution is 0.583. The highest BCUT2D eigenvalue weighted by atomic mass is 15.1. The molecule has 82 valence electrons.